The average Bonchev–Trinajstić information content (AvgIpc) is 3.29. The van der Waals surface area contributed by atoms with E-state index in [0.29, 0.717) is 35.7 Å². The minimum Gasteiger partial charge on any atom is -0.494 e. The molecule has 1 saturated heterocycles. The molecular weight excluding hydrogens is 513 g/mol. The summed E-state index contributed by atoms with van der Waals surface area (Å²) in [6.07, 6.45) is 3.73. The molecule has 2 heterocycles. The molecule has 0 amide bonds. The molecule has 36 heavy (non-hydrogen) atoms. The second-order valence-corrected chi connectivity index (χ2v) is 10.3. The maximum absolute atomic E-state index is 13.9. The minimum atomic E-state index is -3.67. The Kier molecular flexibility index (Phi) is 10.1. The number of carbonyl (C=O) groups is 1. The highest BCUT2D eigenvalue weighted by Gasteiger charge is 2.21. The van der Waals surface area contributed by atoms with Gasteiger partial charge in [-0.1, -0.05) is 23.9 Å². The average molecular weight is 542 g/mol. The first-order valence-electron chi connectivity index (χ1n) is 11.0. The van der Waals surface area contributed by atoms with Crippen LogP contribution in [0.15, 0.2) is 41.3 Å². The molecule has 2 aromatic rings. The van der Waals surface area contributed by atoms with Crippen LogP contribution in [-0.4, -0.2) is 82.4 Å². The number of fused-ring (bicyclic) bond motifs is 1. The standard InChI is InChI=1S/C23H24FNO5S.CH4O3S/c1-27-20-5-3-16(12-18(20)24)2-4-19(26)17-13-23-22(30-15-31-23)14-21(17)29-11-8-25-6-9-28-10-7-25;1-5(2,3)4/h2-5,12-14H,6-11,15H2,1H3;1H3,(H,2,3,4)/b4-2+;. The van der Waals surface area contributed by atoms with Crippen molar-refractivity contribution in [2.24, 2.45) is 0 Å². The number of carbonyl (C=O) groups excluding carboxylic acids is 1. The number of ketones is 1. The van der Waals surface area contributed by atoms with E-state index in [1.807, 2.05) is 0 Å². The van der Waals surface area contributed by atoms with Crippen molar-refractivity contribution in [1.29, 1.82) is 0 Å². The molecule has 2 aromatic carbocycles. The number of methoxy groups -OCH3 is 1. The Hall–Kier alpha value is -2.64. The number of hydrogen-bond acceptors (Lipinski definition) is 9. The van der Waals surface area contributed by atoms with Gasteiger partial charge in [-0.2, -0.15) is 8.42 Å². The predicted molar refractivity (Wildman–Crippen MR) is 134 cm³/mol. The van der Waals surface area contributed by atoms with Gasteiger partial charge in [0, 0.05) is 25.7 Å². The molecule has 0 radical (unpaired) electrons. The Morgan fingerprint density at radius 3 is 2.61 bits per heavy atom. The third kappa shape index (κ3) is 8.79. The van der Waals surface area contributed by atoms with Crippen molar-refractivity contribution in [3.63, 3.8) is 0 Å². The van der Waals surface area contributed by atoms with Crippen molar-refractivity contribution >= 4 is 33.7 Å². The molecule has 1 N–H and O–H groups in total. The first-order valence-corrected chi connectivity index (χ1v) is 13.8. The predicted octanol–water partition coefficient (Wildman–Crippen LogP) is 3.39. The van der Waals surface area contributed by atoms with Crippen molar-refractivity contribution in [2.75, 3.05) is 58.8 Å². The van der Waals surface area contributed by atoms with Crippen LogP contribution in [0.4, 0.5) is 4.39 Å². The molecule has 12 heteroatoms. The molecule has 4 rings (SSSR count). The van der Waals surface area contributed by atoms with E-state index in [9.17, 15) is 17.6 Å². The van der Waals surface area contributed by atoms with Crippen LogP contribution in [0, 0.1) is 5.82 Å². The number of hydrogen-bond donors (Lipinski definition) is 1. The van der Waals surface area contributed by atoms with Crippen LogP contribution >= 0.6 is 11.8 Å². The molecular formula is C24H28FNO8S2. The number of rotatable bonds is 8. The Balaban J connectivity index is 0.000000658. The molecule has 0 aromatic heterocycles. The molecule has 0 aliphatic carbocycles. The Bertz CT molecular complexity index is 1190. The number of benzene rings is 2. The SMILES string of the molecule is COc1ccc(/C=C/C(=O)c2cc3c(cc2OCCN2CCOCC2)OCS3)cc1F.CS(=O)(=O)O. The van der Waals surface area contributed by atoms with Gasteiger partial charge in [-0.15, -0.1) is 0 Å². The summed E-state index contributed by atoms with van der Waals surface area (Å²) >= 11 is 1.54. The zero-order valence-corrected chi connectivity index (χ0v) is 21.6. The fourth-order valence-electron chi connectivity index (χ4n) is 3.39. The summed E-state index contributed by atoms with van der Waals surface area (Å²) in [7, 11) is -2.26. The number of ether oxygens (including phenoxy) is 4. The zero-order chi connectivity index (χ0) is 26.1. The van der Waals surface area contributed by atoms with E-state index in [2.05, 4.69) is 4.90 Å². The van der Waals surface area contributed by atoms with E-state index < -0.39 is 15.9 Å². The van der Waals surface area contributed by atoms with Crippen LogP contribution in [0.1, 0.15) is 15.9 Å². The normalized spacial score (nSPS) is 15.6. The minimum absolute atomic E-state index is 0.162. The van der Waals surface area contributed by atoms with Crippen molar-refractivity contribution in [3.05, 3.63) is 53.4 Å². The van der Waals surface area contributed by atoms with Gasteiger partial charge in [-0.3, -0.25) is 14.2 Å². The Morgan fingerprint density at radius 1 is 1.22 bits per heavy atom. The van der Waals surface area contributed by atoms with Crippen LogP contribution in [0.5, 0.6) is 17.2 Å². The van der Waals surface area contributed by atoms with Gasteiger partial charge in [0.05, 0.1) is 37.0 Å². The molecule has 0 spiro atoms. The highest BCUT2D eigenvalue weighted by Crippen LogP contribution is 2.41. The maximum atomic E-state index is 13.9. The molecule has 0 bridgehead atoms. The van der Waals surface area contributed by atoms with Crippen LogP contribution in [-0.2, 0) is 14.9 Å². The molecule has 2 aliphatic rings. The van der Waals surface area contributed by atoms with Gasteiger partial charge in [-0.25, -0.2) is 4.39 Å². The highest BCUT2D eigenvalue weighted by molar-refractivity contribution is 7.99. The van der Waals surface area contributed by atoms with Crippen molar-refractivity contribution < 1.29 is 41.1 Å². The van der Waals surface area contributed by atoms with Gasteiger partial charge in [0.1, 0.15) is 24.0 Å². The lowest BCUT2D eigenvalue weighted by Gasteiger charge is -2.26. The number of halogens is 1. The van der Waals surface area contributed by atoms with E-state index in [4.69, 9.17) is 23.5 Å². The third-order valence-electron chi connectivity index (χ3n) is 5.11. The number of thioether (sulfide) groups is 1. The summed E-state index contributed by atoms with van der Waals surface area (Å²) in [4.78, 5) is 16.1. The zero-order valence-electron chi connectivity index (χ0n) is 19.9. The lowest BCUT2D eigenvalue weighted by atomic mass is 10.1. The quantitative estimate of drug-likeness (QED) is 0.303. The van der Waals surface area contributed by atoms with Crippen LogP contribution < -0.4 is 14.2 Å². The van der Waals surface area contributed by atoms with Crippen molar-refractivity contribution in [3.8, 4) is 17.2 Å². The Labute approximate surface area is 213 Å². The summed E-state index contributed by atoms with van der Waals surface area (Å²) in [5.74, 6) is 1.20. The fraction of sp³-hybridized carbons (Fsp3) is 0.375. The largest absolute Gasteiger partial charge is 0.494 e. The second-order valence-electron chi connectivity index (χ2n) is 7.83. The number of allylic oxidation sites excluding steroid dienone is 1. The second kappa shape index (κ2) is 13.1. The monoisotopic (exact) mass is 541 g/mol. The van der Waals surface area contributed by atoms with E-state index in [1.165, 1.54) is 37.1 Å². The van der Waals surface area contributed by atoms with Gasteiger partial charge in [-0.05, 0) is 29.8 Å². The van der Waals surface area contributed by atoms with Crippen LogP contribution in [0.2, 0.25) is 0 Å². The molecule has 2 aliphatic heterocycles. The molecule has 0 saturated carbocycles. The Morgan fingerprint density at radius 2 is 1.94 bits per heavy atom. The molecule has 9 nitrogen and oxygen atoms in total. The lowest BCUT2D eigenvalue weighted by Crippen LogP contribution is -2.38. The number of nitrogens with zero attached hydrogens (tertiary/aromatic N) is 1. The van der Waals surface area contributed by atoms with Gasteiger partial charge in [0.25, 0.3) is 10.1 Å². The first-order chi connectivity index (χ1) is 17.1. The fourth-order valence-corrected chi connectivity index (χ4v) is 4.17. The summed E-state index contributed by atoms with van der Waals surface area (Å²) in [5, 5.41) is 0. The summed E-state index contributed by atoms with van der Waals surface area (Å²) < 4.78 is 61.7. The van der Waals surface area contributed by atoms with Gasteiger partial charge in [0.2, 0.25) is 0 Å². The molecule has 0 unspecified atom stereocenters. The summed E-state index contributed by atoms with van der Waals surface area (Å²) in [6, 6.07) is 8.14. The highest BCUT2D eigenvalue weighted by atomic mass is 32.2. The number of morpholine rings is 1. The summed E-state index contributed by atoms with van der Waals surface area (Å²) in [6.45, 7) is 4.42. The van der Waals surface area contributed by atoms with E-state index in [0.717, 1.165) is 43.5 Å². The third-order valence-corrected chi connectivity index (χ3v) is 5.98. The molecule has 1 fully saturated rings. The van der Waals surface area contributed by atoms with Gasteiger partial charge in [0.15, 0.2) is 17.3 Å². The van der Waals surface area contributed by atoms with E-state index >= 15 is 0 Å². The first kappa shape index (κ1) is 27.9. The van der Waals surface area contributed by atoms with Crippen molar-refractivity contribution in [2.45, 2.75) is 4.90 Å². The molecule has 0 atom stereocenters. The van der Waals surface area contributed by atoms with Crippen LogP contribution in [0.25, 0.3) is 6.08 Å². The van der Waals surface area contributed by atoms with Gasteiger partial charge < -0.3 is 18.9 Å². The summed E-state index contributed by atoms with van der Waals surface area (Å²) in [5.41, 5.74) is 1.03. The van der Waals surface area contributed by atoms with Crippen molar-refractivity contribution in [1.82, 2.24) is 4.90 Å². The van der Waals surface area contributed by atoms with E-state index in [-0.39, 0.29) is 11.5 Å². The smallest absolute Gasteiger partial charge is 0.261 e. The van der Waals surface area contributed by atoms with E-state index in [1.54, 1.807) is 24.3 Å². The topological polar surface area (TPSA) is 112 Å². The molecule has 196 valence electrons. The van der Waals surface area contributed by atoms with Crippen LogP contribution in [0.3, 0.4) is 0 Å². The maximum Gasteiger partial charge on any atom is 0.261 e. The lowest BCUT2D eigenvalue weighted by molar-refractivity contribution is 0.0322. The van der Waals surface area contributed by atoms with Gasteiger partial charge >= 0.3 is 0 Å².